The quantitative estimate of drug-likeness (QED) is 0.886. The predicted molar refractivity (Wildman–Crippen MR) is 77.5 cm³/mol. The van der Waals surface area contributed by atoms with E-state index >= 15 is 0 Å². The third-order valence-electron chi connectivity index (χ3n) is 4.13. The zero-order valence-corrected chi connectivity index (χ0v) is 12.0. The molecule has 1 aromatic rings. The molecule has 0 radical (unpaired) electrons. The number of para-hydroxylation sites is 1. The Kier molecular flexibility index (Phi) is 5.23. The van der Waals surface area contributed by atoms with Gasteiger partial charge in [-0.1, -0.05) is 25.1 Å². The first kappa shape index (κ1) is 14.4. The number of rotatable bonds is 5. The average molecular weight is 263 g/mol. The van der Waals surface area contributed by atoms with Crippen molar-refractivity contribution in [3.05, 3.63) is 29.8 Å². The van der Waals surface area contributed by atoms with Crippen LogP contribution < -0.4 is 4.74 Å². The van der Waals surface area contributed by atoms with Crippen LogP contribution in [0.4, 0.5) is 0 Å². The van der Waals surface area contributed by atoms with E-state index in [1.807, 2.05) is 31.2 Å². The minimum absolute atomic E-state index is 0.349. The van der Waals surface area contributed by atoms with Gasteiger partial charge in [0.15, 0.2) is 0 Å². The van der Waals surface area contributed by atoms with Crippen LogP contribution in [0, 0.1) is 12.8 Å². The topological polar surface area (TPSA) is 32.7 Å². The number of hydrogen-bond acceptors (Lipinski definition) is 3. The lowest BCUT2D eigenvalue weighted by molar-refractivity contribution is 0.0265. The molecule has 1 saturated heterocycles. The van der Waals surface area contributed by atoms with Crippen LogP contribution in [0.15, 0.2) is 24.3 Å². The third-order valence-corrected chi connectivity index (χ3v) is 4.13. The van der Waals surface area contributed by atoms with Gasteiger partial charge in [-0.15, -0.1) is 0 Å². The second-order valence-electron chi connectivity index (χ2n) is 5.42. The Labute approximate surface area is 116 Å². The van der Waals surface area contributed by atoms with Crippen molar-refractivity contribution >= 4 is 0 Å². The molecule has 0 saturated carbocycles. The molecule has 106 valence electrons. The molecule has 3 nitrogen and oxygen atoms in total. The van der Waals surface area contributed by atoms with Crippen LogP contribution in [-0.4, -0.2) is 42.4 Å². The number of nitrogens with zero attached hydrogens (tertiary/aromatic N) is 1. The van der Waals surface area contributed by atoms with Gasteiger partial charge in [-0.05, 0) is 56.9 Å². The summed E-state index contributed by atoms with van der Waals surface area (Å²) in [5.74, 6) is 1.26. The summed E-state index contributed by atoms with van der Waals surface area (Å²) in [6.45, 7) is 7.94. The lowest BCUT2D eigenvalue weighted by Gasteiger charge is -2.33. The van der Waals surface area contributed by atoms with Crippen LogP contribution in [-0.2, 0) is 0 Å². The largest absolute Gasteiger partial charge is 0.491 e. The molecule has 0 aliphatic carbocycles. The van der Waals surface area contributed by atoms with E-state index < -0.39 is 0 Å². The van der Waals surface area contributed by atoms with Crippen molar-refractivity contribution in [3.63, 3.8) is 0 Å². The highest BCUT2D eigenvalue weighted by Gasteiger charge is 2.25. The van der Waals surface area contributed by atoms with Crippen molar-refractivity contribution in [2.75, 3.05) is 26.2 Å². The van der Waals surface area contributed by atoms with Gasteiger partial charge in [-0.2, -0.15) is 0 Å². The number of hydrogen-bond donors (Lipinski definition) is 1. The van der Waals surface area contributed by atoms with Crippen molar-refractivity contribution in [1.29, 1.82) is 0 Å². The molecule has 19 heavy (non-hydrogen) atoms. The van der Waals surface area contributed by atoms with Gasteiger partial charge >= 0.3 is 0 Å². The highest BCUT2D eigenvalue weighted by Crippen LogP contribution is 2.22. The first-order valence-electron chi connectivity index (χ1n) is 7.29. The summed E-state index contributed by atoms with van der Waals surface area (Å²) in [6, 6.07) is 7.96. The fourth-order valence-corrected chi connectivity index (χ4v) is 2.68. The van der Waals surface area contributed by atoms with E-state index in [4.69, 9.17) is 4.74 Å². The summed E-state index contributed by atoms with van der Waals surface area (Å²) in [6.07, 6.45) is 1.80. The maximum absolute atomic E-state index is 10.2. The van der Waals surface area contributed by atoms with Crippen LogP contribution in [0.2, 0.25) is 0 Å². The molecule has 1 aromatic carbocycles. The molecule has 1 aliphatic rings. The molecule has 0 spiro atoms. The number of aliphatic hydroxyl groups is 1. The Morgan fingerprint density at radius 3 is 2.63 bits per heavy atom. The minimum Gasteiger partial charge on any atom is -0.491 e. The predicted octanol–water partition coefficient (Wildman–Crippen LogP) is 2.47. The second kappa shape index (κ2) is 6.92. The summed E-state index contributed by atoms with van der Waals surface area (Å²) in [5.41, 5.74) is 1.12. The molecule has 1 aliphatic heterocycles. The summed E-state index contributed by atoms with van der Waals surface area (Å²) in [4.78, 5) is 2.44. The van der Waals surface area contributed by atoms with Gasteiger partial charge in [0, 0.05) is 0 Å². The van der Waals surface area contributed by atoms with Gasteiger partial charge < -0.3 is 14.7 Å². The van der Waals surface area contributed by atoms with Crippen molar-refractivity contribution in [3.8, 4) is 5.75 Å². The van der Waals surface area contributed by atoms with E-state index in [0.717, 1.165) is 43.8 Å². The maximum atomic E-state index is 10.2. The van der Waals surface area contributed by atoms with Gasteiger partial charge in [0.2, 0.25) is 0 Å². The molecule has 0 amide bonds. The lowest BCUT2D eigenvalue weighted by atomic mass is 9.91. The number of benzene rings is 1. The number of likely N-dealkylation sites (tertiary alicyclic amines) is 1. The smallest absolute Gasteiger partial charge is 0.122 e. The molecule has 1 heterocycles. The molecule has 1 fully saturated rings. The maximum Gasteiger partial charge on any atom is 0.122 e. The molecule has 1 atom stereocenters. The number of aryl methyl sites for hydroxylation is 1. The van der Waals surface area contributed by atoms with Gasteiger partial charge in [-0.3, -0.25) is 0 Å². The van der Waals surface area contributed by atoms with Gasteiger partial charge in [-0.25, -0.2) is 0 Å². The van der Waals surface area contributed by atoms with Gasteiger partial charge in [0.1, 0.15) is 12.4 Å². The number of piperidine rings is 1. The zero-order chi connectivity index (χ0) is 13.7. The minimum atomic E-state index is -0.349. The molecule has 3 heteroatoms. The third kappa shape index (κ3) is 3.95. The lowest BCUT2D eigenvalue weighted by Crippen LogP contribution is -2.39. The highest BCUT2D eigenvalue weighted by molar-refractivity contribution is 5.31. The van der Waals surface area contributed by atoms with Crippen LogP contribution in [0.25, 0.3) is 0 Å². The Hall–Kier alpha value is -1.06. The van der Waals surface area contributed by atoms with E-state index in [0.29, 0.717) is 12.5 Å². The van der Waals surface area contributed by atoms with E-state index in [-0.39, 0.29) is 6.10 Å². The van der Waals surface area contributed by atoms with Gasteiger partial charge in [0.25, 0.3) is 0 Å². The van der Waals surface area contributed by atoms with Crippen LogP contribution in [0.3, 0.4) is 0 Å². The van der Waals surface area contributed by atoms with Crippen molar-refractivity contribution in [1.82, 2.24) is 4.90 Å². The summed E-state index contributed by atoms with van der Waals surface area (Å²) in [5, 5.41) is 10.2. The van der Waals surface area contributed by atoms with Crippen LogP contribution in [0.5, 0.6) is 5.75 Å². The molecule has 2 rings (SSSR count). The van der Waals surface area contributed by atoms with Crippen LogP contribution in [0.1, 0.15) is 25.3 Å². The zero-order valence-electron chi connectivity index (χ0n) is 12.0. The summed E-state index contributed by atoms with van der Waals surface area (Å²) < 4.78 is 5.74. The fraction of sp³-hybridized carbons (Fsp3) is 0.625. The molecule has 0 aromatic heterocycles. The Morgan fingerprint density at radius 2 is 2.00 bits per heavy atom. The molecular weight excluding hydrogens is 238 g/mol. The Bertz CT molecular complexity index is 386. The monoisotopic (exact) mass is 263 g/mol. The SMILES string of the molecule is CCN1CCC(C(O)COc2ccccc2C)CC1. The fourth-order valence-electron chi connectivity index (χ4n) is 2.68. The first-order chi connectivity index (χ1) is 9.20. The average Bonchev–Trinajstić information content (AvgIpc) is 2.46. The van der Waals surface area contributed by atoms with Crippen molar-refractivity contribution in [2.45, 2.75) is 32.8 Å². The van der Waals surface area contributed by atoms with E-state index in [9.17, 15) is 5.11 Å². The summed E-state index contributed by atoms with van der Waals surface area (Å²) >= 11 is 0. The normalized spacial score (nSPS) is 19.3. The van der Waals surface area contributed by atoms with E-state index in [2.05, 4.69) is 11.8 Å². The molecule has 1 N–H and O–H groups in total. The Balaban J connectivity index is 1.79. The summed E-state index contributed by atoms with van der Waals surface area (Å²) in [7, 11) is 0. The van der Waals surface area contributed by atoms with Crippen LogP contribution >= 0.6 is 0 Å². The van der Waals surface area contributed by atoms with Crippen molar-refractivity contribution in [2.24, 2.45) is 5.92 Å². The van der Waals surface area contributed by atoms with Gasteiger partial charge in [0.05, 0.1) is 6.10 Å². The molecular formula is C16H25NO2. The second-order valence-corrected chi connectivity index (χ2v) is 5.42. The number of ether oxygens (including phenoxy) is 1. The standard InChI is InChI=1S/C16H25NO2/c1-3-17-10-8-14(9-11-17)15(18)12-19-16-7-5-4-6-13(16)2/h4-7,14-15,18H,3,8-12H2,1-2H3. The molecule has 0 bridgehead atoms. The first-order valence-corrected chi connectivity index (χ1v) is 7.29. The highest BCUT2D eigenvalue weighted by atomic mass is 16.5. The Morgan fingerprint density at radius 1 is 1.32 bits per heavy atom. The number of aliphatic hydroxyl groups excluding tert-OH is 1. The molecule has 1 unspecified atom stereocenters. The van der Waals surface area contributed by atoms with E-state index in [1.165, 1.54) is 0 Å². The van der Waals surface area contributed by atoms with Crippen molar-refractivity contribution < 1.29 is 9.84 Å². The van der Waals surface area contributed by atoms with E-state index in [1.54, 1.807) is 0 Å².